The number of nitrogens with zero attached hydrogens (tertiary/aromatic N) is 3. The quantitative estimate of drug-likeness (QED) is 0.785. The first-order chi connectivity index (χ1) is 9.92. The molecule has 0 atom stereocenters. The normalized spacial score (nSPS) is 11.2. The van der Waals surface area contributed by atoms with Gasteiger partial charge in [0, 0.05) is 5.33 Å². The molecule has 0 bridgehead atoms. The van der Waals surface area contributed by atoms with Crippen LogP contribution in [0.5, 0.6) is 5.75 Å². The highest BCUT2D eigenvalue weighted by Crippen LogP contribution is 2.39. The lowest BCUT2D eigenvalue weighted by Crippen LogP contribution is -2.08. The molecular weight excluding hydrogens is 351 g/mol. The van der Waals surface area contributed by atoms with Gasteiger partial charge in [0.2, 0.25) is 5.69 Å². The van der Waals surface area contributed by atoms with Crippen molar-refractivity contribution in [2.24, 2.45) is 0 Å². The van der Waals surface area contributed by atoms with E-state index in [0.717, 1.165) is 11.8 Å². The molecule has 0 aliphatic carbocycles. The fourth-order valence-corrected chi connectivity index (χ4v) is 2.37. The van der Waals surface area contributed by atoms with E-state index in [1.807, 2.05) is 6.07 Å². The number of methoxy groups -OCH3 is 1. The molecule has 0 spiro atoms. The number of alkyl halides is 4. The maximum atomic E-state index is 13.0. The highest BCUT2D eigenvalue weighted by atomic mass is 79.9. The zero-order valence-corrected chi connectivity index (χ0v) is 12.4. The molecule has 0 unspecified atom stereocenters. The number of hydrogen-bond donors (Lipinski definition) is 0. The number of aromatic nitrogens is 2. The summed E-state index contributed by atoms with van der Waals surface area (Å²) in [5.74, 6) is -0.332. The number of benzene rings is 1. The predicted molar refractivity (Wildman–Crippen MR) is 72.5 cm³/mol. The van der Waals surface area contributed by atoms with Crippen molar-refractivity contribution in [3.05, 3.63) is 41.2 Å². The maximum Gasteiger partial charge on any atom is 0.438 e. The lowest BCUT2D eigenvalue weighted by molar-refractivity contribution is -0.142. The second-order valence-electron chi connectivity index (χ2n) is 4.03. The fraction of sp³-hybridized carbons (Fsp3) is 0.231. The second-order valence-corrected chi connectivity index (χ2v) is 4.59. The number of halogens is 4. The lowest BCUT2D eigenvalue weighted by atomic mass is 10.2. The largest absolute Gasteiger partial charge is 0.492 e. The zero-order valence-electron chi connectivity index (χ0n) is 10.8. The molecule has 2 aromatic rings. The average molecular weight is 360 g/mol. The molecule has 2 rings (SSSR count). The molecule has 110 valence electrons. The summed E-state index contributed by atoms with van der Waals surface area (Å²) in [7, 11) is 1.16. The van der Waals surface area contributed by atoms with E-state index in [1.54, 1.807) is 18.2 Å². The number of nitriles is 1. The Morgan fingerprint density at radius 2 is 2.14 bits per heavy atom. The summed E-state index contributed by atoms with van der Waals surface area (Å²) >= 11 is 3.14. The molecule has 0 radical (unpaired) electrons. The van der Waals surface area contributed by atoms with Crippen molar-refractivity contribution >= 4 is 15.9 Å². The smallest absolute Gasteiger partial charge is 0.438 e. The molecule has 0 saturated carbocycles. The van der Waals surface area contributed by atoms with Crippen LogP contribution in [0, 0.1) is 11.3 Å². The van der Waals surface area contributed by atoms with Crippen molar-refractivity contribution in [1.82, 2.24) is 9.78 Å². The van der Waals surface area contributed by atoms with Crippen molar-refractivity contribution in [3.63, 3.8) is 0 Å². The van der Waals surface area contributed by atoms with Gasteiger partial charge in [-0.05, 0) is 18.2 Å². The summed E-state index contributed by atoms with van der Waals surface area (Å²) in [6.07, 6.45) is -4.62. The van der Waals surface area contributed by atoms with Crippen LogP contribution < -0.4 is 4.74 Å². The van der Waals surface area contributed by atoms with Crippen LogP contribution in [0.4, 0.5) is 13.2 Å². The lowest BCUT2D eigenvalue weighted by Gasteiger charge is -2.06. The first-order valence-corrected chi connectivity index (χ1v) is 6.84. The van der Waals surface area contributed by atoms with Gasteiger partial charge in [-0.1, -0.05) is 22.0 Å². The summed E-state index contributed by atoms with van der Waals surface area (Å²) in [5, 5.41) is 12.6. The number of rotatable bonds is 3. The van der Waals surface area contributed by atoms with Crippen LogP contribution in [0.3, 0.4) is 0 Å². The molecule has 0 N–H and O–H groups in total. The number of ether oxygens (including phenoxy) is 1. The van der Waals surface area contributed by atoms with Crippen molar-refractivity contribution in [1.29, 1.82) is 5.26 Å². The molecular formula is C13H9BrF3N3O. The van der Waals surface area contributed by atoms with Crippen LogP contribution in [0.2, 0.25) is 0 Å². The molecule has 1 aromatic heterocycles. The van der Waals surface area contributed by atoms with Gasteiger partial charge in [-0.25, -0.2) is 4.68 Å². The first-order valence-electron chi connectivity index (χ1n) is 5.72. The molecule has 0 saturated heterocycles. The van der Waals surface area contributed by atoms with Crippen LogP contribution in [0.15, 0.2) is 24.3 Å². The molecule has 0 aliphatic rings. The molecule has 0 amide bonds. The minimum atomic E-state index is -4.62. The zero-order chi connectivity index (χ0) is 15.6. The highest BCUT2D eigenvalue weighted by molar-refractivity contribution is 9.08. The summed E-state index contributed by atoms with van der Waals surface area (Å²) in [6, 6.07) is 8.10. The molecule has 1 aromatic carbocycles. The van der Waals surface area contributed by atoms with Crippen molar-refractivity contribution in [2.75, 3.05) is 7.11 Å². The van der Waals surface area contributed by atoms with Crippen LogP contribution in [-0.2, 0) is 11.5 Å². The SMILES string of the molecule is COc1c(C(F)(F)F)nn(-c2cccc(C#N)c2)c1CBr. The van der Waals surface area contributed by atoms with Crippen LogP contribution in [-0.4, -0.2) is 16.9 Å². The minimum Gasteiger partial charge on any atom is -0.492 e. The molecule has 1 heterocycles. The molecule has 21 heavy (non-hydrogen) atoms. The Morgan fingerprint density at radius 3 is 2.67 bits per heavy atom. The monoisotopic (exact) mass is 359 g/mol. The standard InChI is InChI=1S/C13H9BrF3N3O/c1-21-11-10(6-14)20(19-12(11)13(15,16)17)9-4-2-3-8(5-9)7-18/h2-5H,6H2,1H3. The van der Waals surface area contributed by atoms with E-state index in [1.165, 1.54) is 6.07 Å². The van der Waals surface area contributed by atoms with Gasteiger partial charge in [0.25, 0.3) is 0 Å². The third-order valence-electron chi connectivity index (χ3n) is 2.75. The van der Waals surface area contributed by atoms with E-state index in [2.05, 4.69) is 21.0 Å². The van der Waals surface area contributed by atoms with Crippen molar-refractivity contribution in [3.8, 4) is 17.5 Å². The summed E-state index contributed by atoms with van der Waals surface area (Å²) in [4.78, 5) is 0. The third-order valence-corrected chi connectivity index (χ3v) is 3.28. The minimum absolute atomic E-state index is 0.121. The molecule has 0 aliphatic heterocycles. The Balaban J connectivity index is 2.69. The van der Waals surface area contributed by atoms with E-state index >= 15 is 0 Å². The van der Waals surface area contributed by atoms with Gasteiger partial charge in [-0.3, -0.25) is 0 Å². The van der Waals surface area contributed by atoms with Crippen LogP contribution in [0.25, 0.3) is 5.69 Å². The topological polar surface area (TPSA) is 50.8 Å². The molecule has 0 fully saturated rings. The summed E-state index contributed by atoms with van der Waals surface area (Å²) < 4.78 is 45.0. The van der Waals surface area contributed by atoms with Gasteiger partial charge in [0.1, 0.15) is 0 Å². The first kappa shape index (κ1) is 15.4. The molecule has 8 heteroatoms. The van der Waals surface area contributed by atoms with Crippen LogP contribution in [0.1, 0.15) is 17.0 Å². The second kappa shape index (κ2) is 5.77. The Labute approximate surface area is 126 Å². The summed E-state index contributed by atoms with van der Waals surface area (Å²) in [5.41, 5.74) is -0.185. The third kappa shape index (κ3) is 2.88. The van der Waals surface area contributed by atoms with E-state index < -0.39 is 11.9 Å². The van der Waals surface area contributed by atoms with E-state index in [0.29, 0.717) is 11.3 Å². The Morgan fingerprint density at radius 1 is 1.43 bits per heavy atom. The Hall–Kier alpha value is -2.01. The Bertz CT molecular complexity index is 704. The van der Waals surface area contributed by atoms with Crippen LogP contribution >= 0.6 is 15.9 Å². The van der Waals surface area contributed by atoms with E-state index in [9.17, 15) is 13.2 Å². The van der Waals surface area contributed by atoms with Gasteiger partial charge in [-0.2, -0.15) is 23.5 Å². The number of hydrogen-bond acceptors (Lipinski definition) is 3. The van der Waals surface area contributed by atoms with Crippen molar-refractivity contribution < 1.29 is 17.9 Å². The average Bonchev–Trinajstić information content (AvgIpc) is 2.85. The summed E-state index contributed by atoms with van der Waals surface area (Å²) in [6.45, 7) is 0. The van der Waals surface area contributed by atoms with E-state index in [4.69, 9.17) is 10.00 Å². The highest BCUT2D eigenvalue weighted by Gasteiger charge is 2.40. The molecule has 4 nitrogen and oxygen atoms in total. The maximum absolute atomic E-state index is 13.0. The fourth-order valence-electron chi connectivity index (χ4n) is 1.88. The van der Waals surface area contributed by atoms with Gasteiger partial charge < -0.3 is 4.74 Å². The van der Waals surface area contributed by atoms with Gasteiger partial charge >= 0.3 is 6.18 Å². The van der Waals surface area contributed by atoms with Gasteiger partial charge in [0.15, 0.2) is 5.75 Å². The van der Waals surface area contributed by atoms with Gasteiger partial charge in [-0.15, -0.1) is 0 Å². The van der Waals surface area contributed by atoms with Gasteiger partial charge in [0.05, 0.1) is 30.1 Å². The van der Waals surface area contributed by atoms with Crippen molar-refractivity contribution in [2.45, 2.75) is 11.5 Å². The van der Waals surface area contributed by atoms with E-state index in [-0.39, 0.29) is 16.8 Å². The predicted octanol–water partition coefficient (Wildman–Crippen LogP) is 3.67. The Kier molecular flexibility index (Phi) is 4.23.